The summed E-state index contributed by atoms with van der Waals surface area (Å²) in [5, 5.41) is 8.21. The van der Waals surface area contributed by atoms with Gasteiger partial charge in [0, 0.05) is 11.8 Å². The SMILES string of the molecule is N#CCc1cnc[nH]c1=O. The lowest BCUT2D eigenvalue weighted by molar-refractivity contribution is 1.04. The second-order valence-electron chi connectivity index (χ2n) is 1.74. The first-order valence-electron chi connectivity index (χ1n) is 2.73. The Labute approximate surface area is 57.2 Å². The number of aromatic amines is 1. The van der Waals surface area contributed by atoms with E-state index in [0.29, 0.717) is 5.56 Å². The van der Waals surface area contributed by atoms with Crippen LogP contribution in [-0.4, -0.2) is 9.97 Å². The number of nitrogens with zero attached hydrogens (tertiary/aromatic N) is 2. The molecule has 4 nitrogen and oxygen atoms in total. The van der Waals surface area contributed by atoms with Gasteiger partial charge in [0.15, 0.2) is 0 Å². The Hall–Kier alpha value is -1.63. The molecule has 0 amide bonds. The molecule has 0 atom stereocenters. The van der Waals surface area contributed by atoms with Crippen molar-refractivity contribution in [3.8, 4) is 6.07 Å². The standard InChI is InChI=1S/C6H5N3O/c7-2-1-5-3-8-4-9-6(5)10/h3-4H,1H2,(H,8,9,10). The smallest absolute Gasteiger partial charge is 0.254 e. The number of nitriles is 1. The van der Waals surface area contributed by atoms with E-state index in [0.717, 1.165) is 0 Å². The van der Waals surface area contributed by atoms with Crippen molar-refractivity contribution in [1.82, 2.24) is 9.97 Å². The second-order valence-corrected chi connectivity index (χ2v) is 1.74. The van der Waals surface area contributed by atoms with Crippen LogP contribution >= 0.6 is 0 Å². The molecule has 0 saturated carbocycles. The third-order valence-electron chi connectivity index (χ3n) is 1.06. The van der Waals surface area contributed by atoms with Crippen molar-refractivity contribution in [3.63, 3.8) is 0 Å². The summed E-state index contributed by atoms with van der Waals surface area (Å²) in [5.41, 5.74) is 0.168. The molecular weight excluding hydrogens is 130 g/mol. The molecule has 0 bridgehead atoms. The van der Waals surface area contributed by atoms with Crippen LogP contribution in [0.1, 0.15) is 5.56 Å². The Morgan fingerprint density at radius 3 is 3.20 bits per heavy atom. The molecule has 1 aromatic rings. The topological polar surface area (TPSA) is 69.5 Å². The monoisotopic (exact) mass is 135 g/mol. The normalized spacial score (nSPS) is 8.70. The van der Waals surface area contributed by atoms with Crippen LogP contribution in [0, 0.1) is 11.3 Å². The Morgan fingerprint density at radius 1 is 1.80 bits per heavy atom. The summed E-state index contributed by atoms with van der Waals surface area (Å²) in [6.07, 6.45) is 2.80. The zero-order valence-corrected chi connectivity index (χ0v) is 5.16. The van der Waals surface area contributed by atoms with Gasteiger partial charge in [-0.1, -0.05) is 0 Å². The Balaban J connectivity index is 3.07. The van der Waals surface area contributed by atoms with E-state index in [1.165, 1.54) is 12.5 Å². The van der Waals surface area contributed by atoms with E-state index in [1.807, 2.05) is 6.07 Å². The quantitative estimate of drug-likeness (QED) is 0.581. The molecule has 10 heavy (non-hydrogen) atoms. The van der Waals surface area contributed by atoms with Crippen LogP contribution in [0.25, 0.3) is 0 Å². The molecule has 4 heteroatoms. The summed E-state index contributed by atoms with van der Waals surface area (Å²) in [6.45, 7) is 0. The molecule has 50 valence electrons. The van der Waals surface area contributed by atoms with Gasteiger partial charge in [0.05, 0.1) is 18.8 Å². The first-order chi connectivity index (χ1) is 4.84. The first kappa shape index (κ1) is 6.49. The van der Waals surface area contributed by atoms with Crippen molar-refractivity contribution in [3.05, 3.63) is 28.4 Å². The van der Waals surface area contributed by atoms with E-state index in [4.69, 9.17) is 5.26 Å². The fourth-order valence-electron chi connectivity index (χ4n) is 0.586. The van der Waals surface area contributed by atoms with E-state index >= 15 is 0 Å². The maximum absolute atomic E-state index is 10.8. The lowest BCUT2D eigenvalue weighted by Gasteiger charge is -1.87. The van der Waals surface area contributed by atoms with Crippen LogP contribution in [0.15, 0.2) is 17.3 Å². The summed E-state index contributed by atoms with van der Waals surface area (Å²) in [4.78, 5) is 16.8. The van der Waals surface area contributed by atoms with Crippen molar-refractivity contribution in [2.75, 3.05) is 0 Å². The largest absolute Gasteiger partial charge is 0.313 e. The van der Waals surface area contributed by atoms with Crippen LogP contribution in [0.3, 0.4) is 0 Å². The third-order valence-corrected chi connectivity index (χ3v) is 1.06. The molecule has 0 unspecified atom stereocenters. The van der Waals surface area contributed by atoms with E-state index in [-0.39, 0.29) is 12.0 Å². The van der Waals surface area contributed by atoms with Crippen molar-refractivity contribution in [2.24, 2.45) is 0 Å². The Kier molecular flexibility index (Phi) is 1.80. The summed E-state index contributed by atoms with van der Waals surface area (Å²) in [7, 11) is 0. The summed E-state index contributed by atoms with van der Waals surface area (Å²) < 4.78 is 0. The highest BCUT2D eigenvalue weighted by Gasteiger charge is 1.94. The maximum Gasteiger partial charge on any atom is 0.254 e. The van der Waals surface area contributed by atoms with Crippen LogP contribution < -0.4 is 5.56 Å². The molecule has 0 aliphatic carbocycles. The van der Waals surface area contributed by atoms with E-state index in [9.17, 15) is 4.79 Å². The minimum Gasteiger partial charge on any atom is -0.313 e. The zero-order valence-electron chi connectivity index (χ0n) is 5.16. The van der Waals surface area contributed by atoms with Crippen molar-refractivity contribution >= 4 is 0 Å². The lowest BCUT2D eigenvalue weighted by atomic mass is 10.3. The zero-order chi connectivity index (χ0) is 7.40. The molecule has 1 heterocycles. The number of hydrogen-bond acceptors (Lipinski definition) is 3. The molecule has 0 saturated heterocycles. The van der Waals surface area contributed by atoms with Gasteiger partial charge in [0.1, 0.15) is 0 Å². The predicted molar refractivity (Wildman–Crippen MR) is 34.2 cm³/mol. The van der Waals surface area contributed by atoms with Gasteiger partial charge in [-0.25, -0.2) is 4.98 Å². The van der Waals surface area contributed by atoms with Crippen LogP contribution in [0.5, 0.6) is 0 Å². The lowest BCUT2D eigenvalue weighted by Crippen LogP contribution is -2.11. The number of aromatic nitrogens is 2. The number of hydrogen-bond donors (Lipinski definition) is 1. The average Bonchev–Trinajstić information content (AvgIpc) is 1.94. The van der Waals surface area contributed by atoms with Crippen LogP contribution in [0.4, 0.5) is 0 Å². The molecule has 0 fully saturated rings. The average molecular weight is 135 g/mol. The first-order valence-corrected chi connectivity index (χ1v) is 2.73. The summed E-state index contributed by atoms with van der Waals surface area (Å²) in [5.74, 6) is 0. The van der Waals surface area contributed by atoms with Gasteiger partial charge < -0.3 is 4.98 Å². The van der Waals surface area contributed by atoms with Crippen molar-refractivity contribution in [1.29, 1.82) is 5.26 Å². The highest BCUT2D eigenvalue weighted by molar-refractivity contribution is 5.08. The minimum atomic E-state index is -0.239. The number of H-pyrrole nitrogens is 1. The molecule has 1 rings (SSSR count). The van der Waals surface area contributed by atoms with Gasteiger partial charge >= 0.3 is 0 Å². The fraction of sp³-hybridized carbons (Fsp3) is 0.167. The van der Waals surface area contributed by atoms with Gasteiger partial charge in [-0.3, -0.25) is 4.79 Å². The fourth-order valence-corrected chi connectivity index (χ4v) is 0.586. The third kappa shape index (κ3) is 1.20. The van der Waals surface area contributed by atoms with E-state index in [1.54, 1.807) is 0 Å². The van der Waals surface area contributed by atoms with Gasteiger partial charge in [0.25, 0.3) is 5.56 Å². The Morgan fingerprint density at radius 2 is 2.60 bits per heavy atom. The minimum absolute atomic E-state index is 0.114. The van der Waals surface area contributed by atoms with Crippen LogP contribution in [-0.2, 0) is 6.42 Å². The highest BCUT2D eigenvalue weighted by atomic mass is 16.1. The van der Waals surface area contributed by atoms with Gasteiger partial charge in [0.2, 0.25) is 0 Å². The van der Waals surface area contributed by atoms with E-state index in [2.05, 4.69) is 9.97 Å². The predicted octanol–water partition coefficient (Wildman–Crippen LogP) is -0.164. The van der Waals surface area contributed by atoms with E-state index < -0.39 is 0 Å². The van der Waals surface area contributed by atoms with Gasteiger partial charge in [-0.05, 0) is 0 Å². The molecule has 0 aliphatic rings. The number of rotatable bonds is 1. The summed E-state index contributed by atoms with van der Waals surface area (Å²) >= 11 is 0. The second kappa shape index (κ2) is 2.78. The summed E-state index contributed by atoms with van der Waals surface area (Å²) in [6, 6.07) is 1.86. The van der Waals surface area contributed by atoms with Gasteiger partial charge in [-0.2, -0.15) is 5.26 Å². The molecule has 0 spiro atoms. The molecule has 0 aromatic carbocycles. The van der Waals surface area contributed by atoms with Crippen LogP contribution in [0.2, 0.25) is 0 Å². The molecule has 1 N–H and O–H groups in total. The molecule has 1 aromatic heterocycles. The molecule has 0 aliphatic heterocycles. The maximum atomic E-state index is 10.8. The van der Waals surface area contributed by atoms with Crippen molar-refractivity contribution in [2.45, 2.75) is 6.42 Å². The molecular formula is C6H5N3O. The van der Waals surface area contributed by atoms with Crippen molar-refractivity contribution < 1.29 is 0 Å². The van der Waals surface area contributed by atoms with Gasteiger partial charge in [-0.15, -0.1) is 0 Å². The highest BCUT2D eigenvalue weighted by Crippen LogP contribution is 1.84. The number of nitrogens with one attached hydrogen (secondary N) is 1. The Bertz CT molecular complexity index is 309. The molecule has 0 radical (unpaired) electrons.